The van der Waals surface area contributed by atoms with Crippen molar-refractivity contribution in [1.82, 2.24) is 15.1 Å². The Balaban J connectivity index is 2.06. The average molecular weight is 374 g/mol. The van der Waals surface area contributed by atoms with Crippen LogP contribution < -0.4 is 22.1 Å². The lowest BCUT2D eigenvalue weighted by Crippen LogP contribution is -2.30. The highest BCUT2D eigenvalue weighted by Gasteiger charge is 2.23. The van der Waals surface area contributed by atoms with Crippen LogP contribution >= 0.6 is 0 Å². The van der Waals surface area contributed by atoms with Crippen LogP contribution in [0.5, 0.6) is 5.75 Å². The van der Waals surface area contributed by atoms with Gasteiger partial charge in [-0.3, -0.25) is 4.68 Å². The van der Waals surface area contributed by atoms with E-state index >= 15 is 0 Å². The van der Waals surface area contributed by atoms with Crippen molar-refractivity contribution in [3.8, 4) is 5.75 Å². The predicted molar refractivity (Wildman–Crippen MR) is 107 cm³/mol. The number of benzene rings is 1. The van der Waals surface area contributed by atoms with Gasteiger partial charge in [0.05, 0.1) is 11.7 Å². The number of phenols is 1. The largest absolute Gasteiger partial charge is 0.504 e. The molecule has 1 aromatic carbocycles. The molecule has 0 bridgehead atoms. The van der Waals surface area contributed by atoms with Gasteiger partial charge in [0.2, 0.25) is 0 Å². The van der Waals surface area contributed by atoms with E-state index in [0.29, 0.717) is 17.2 Å². The summed E-state index contributed by atoms with van der Waals surface area (Å²) in [5, 5.41) is 21.3. The molecular weight excluding hydrogens is 347 g/mol. The van der Waals surface area contributed by atoms with Crippen LogP contribution in [-0.2, 0) is 0 Å². The third-order valence-corrected chi connectivity index (χ3v) is 4.66. The number of piperidine rings is 1. The van der Waals surface area contributed by atoms with Crippen molar-refractivity contribution in [2.24, 2.45) is 5.73 Å². The maximum atomic E-state index is 13.7. The van der Waals surface area contributed by atoms with E-state index in [1.807, 2.05) is 18.5 Å². The molecule has 1 aliphatic heterocycles. The van der Waals surface area contributed by atoms with Crippen molar-refractivity contribution in [3.05, 3.63) is 35.3 Å². The molecule has 0 spiro atoms. The Labute approximate surface area is 158 Å². The number of nitrogen functional groups attached to an aromatic ring is 1. The molecule has 1 aliphatic rings. The van der Waals surface area contributed by atoms with Gasteiger partial charge in [-0.1, -0.05) is 6.07 Å². The Hall–Kier alpha value is -2.74. The van der Waals surface area contributed by atoms with Crippen molar-refractivity contribution in [2.45, 2.75) is 38.8 Å². The van der Waals surface area contributed by atoms with Gasteiger partial charge >= 0.3 is 0 Å². The van der Waals surface area contributed by atoms with Crippen molar-refractivity contribution in [2.75, 3.05) is 24.1 Å². The van der Waals surface area contributed by atoms with E-state index < -0.39 is 11.6 Å². The smallest absolute Gasteiger partial charge is 0.172 e. The van der Waals surface area contributed by atoms with Gasteiger partial charge in [-0.2, -0.15) is 5.10 Å². The van der Waals surface area contributed by atoms with Crippen LogP contribution in [0.4, 0.5) is 15.9 Å². The maximum Gasteiger partial charge on any atom is 0.172 e. The lowest BCUT2D eigenvalue weighted by molar-refractivity contribution is 0.342. The number of para-hydroxylation sites is 1. The van der Waals surface area contributed by atoms with E-state index in [1.165, 1.54) is 12.1 Å². The minimum atomic E-state index is -0.717. The van der Waals surface area contributed by atoms with Gasteiger partial charge in [-0.05, 0) is 58.0 Å². The van der Waals surface area contributed by atoms with E-state index in [0.717, 1.165) is 25.9 Å². The molecule has 3 rings (SSSR count). The summed E-state index contributed by atoms with van der Waals surface area (Å²) >= 11 is 0. The average Bonchev–Trinajstić information content (AvgIpc) is 2.93. The van der Waals surface area contributed by atoms with Crippen molar-refractivity contribution in [1.29, 1.82) is 0 Å². The first-order chi connectivity index (χ1) is 12.9. The summed E-state index contributed by atoms with van der Waals surface area (Å²) in [5.41, 5.74) is 14.1. The molecule has 1 saturated heterocycles. The molecule has 2 aromatic rings. The summed E-state index contributed by atoms with van der Waals surface area (Å²) in [5.74, 6) is -0.588. The summed E-state index contributed by atoms with van der Waals surface area (Å²) in [4.78, 5) is 0. The minimum Gasteiger partial charge on any atom is -0.504 e. The van der Waals surface area contributed by atoms with Gasteiger partial charge in [0.1, 0.15) is 5.69 Å². The van der Waals surface area contributed by atoms with Crippen LogP contribution in [0.25, 0.3) is 11.8 Å². The predicted octanol–water partition coefficient (Wildman–Crippen LogP) is 2.51. The highest BCUT2D eigenvalue weighted by Crippen LogP contribution is 2.33. The Kier molecular flexibility index (Phi) is 5.55. The van der Waals surface area contributed by atoms with Gasteiger partial charge in [-0.25, -0.2) is 4.39 Å². The standard InChI is InChI=1S/C19H27FN6O/c1-11(2)24-19-17(22)16(26(25-19)12-6-8-23-9-7-12)10-15(21)13-4-3-5-14(20)18(13)27/h3-5,10-12,23,27H,6-9,21-22H2,1-2H3,(H,24,25)/b15-10-. The van der Waals surface area contributed by atoms with Gasteiger partial charge in [-0.15, -0.1) is 0 Å². The van der Waals surface area contributed by atoms with E-state index in [4.69, 9.17) is 11.5 Å². The second kappa shape index (κ2) is 7.87. The Bertz CT molecular complexity index is 839. The van der Waals surface area contributed by atoms with E-state index in [9.17, 15) is 9.50 Å². The number of nitrogens with one attached hydrogen (secondary N) is 2. The normalized spacial score (nSPS) is 16.1. The number of nitrogens with two attached hydrogens (primary N) is 2. The number of rotatable bonds is 5. The zero-order chi connectivity index (χ0) is 19.6. The van der Waals surface area contributed by atoms with E-state index in [-0.39, 0.29) is 23.3 Å². The summed E-state index contributed by atoms with van der Waals surface area (Å²) in [6, 6.07) is 4.62. The number of halogens is 1. The highest BCUT2D eigenvalue weighted by atomic mass is 19.1. The third kappa shape index (κ3) is 4.00. The molecule has 0 atom stereocenters. The van der Waals surface area contributed by atoms with E-state index in [2.05, 4.69) is 15.7 Å². The zero-order valence-corrected chi connectivity index (χ0v) is 15.7. The number of aromatic hydroxyl groups is 1. The molecule has 146 valence electrons. The number of aromatic nitrogens is 2. The number of phenolic OH excluding ortho intramolecular Hbond substituents is 1. The number of hydrogen-bond donors (Lipinski definition) is 5. The fourth-order valence-corrected chi connectivity index (χ4v) is 3.29. The summed E-state index contributed by atoms with van der Waals surface area (Å²) in [7, 11) is 0. The van der Waals surface area contributed by atoms with Gasteiger partial charge in [0, 0.05) is 17.3 Å². The Morgan fingerprint density at radius 1 is 1.41 bits per heavy atom. The Morgan fingerprint density at radius 2 is 2.11 bits per heavy atom. The summed E-state index contributed by atoms with van der Waals surface area (Å²) < 4.78 is 15.6. The summed E-state index contributed by atoms with van der Waals surface area (Å²) in [6.07, 6.45) is 3.51. The molecule has 0 unspecified atom stereocenters. The first-order valence-electron chi connectivity index (χ1n) is 9.18. The zero-order valence-electron chi connectivity index (χ0n) is 15.7. The first-order valence-corrected chi connectivity index (χ1v) is 9.18. The minimum absolute atomic E-state index is 0.171. The molecule has 0 radical (unpaired) electrons. The number of nitrogens with zero attached hydrogens (tertiary/aromatic N) is 2. The maximum absolute atomic E-state index is 13.7. The molecule has 7 N–H and O–H groups in total. The number of hydrogen-bond acceptors (Lipinski definition) is 6. The molecular formula is C19H27FN6O. The van der Waals surface area contributed by atoms with Crippen LogP contribution in [0.2, 0.25) is 0 Å². The lowest BCUT2D eigenvalue weighted by Gasteiger charge is -2.24. The fourth-order valence-electron chi connectivity index (χ4n) is 3.29. The van der Waals surface area contributed by atoms with Gasteiger partial charge in [0.15, 0.2) is 17.4 Å². The van der Waals surface area contributed by atoms with Gasteiger partial charge < -0.3 is 27.2 Å². The second-order valence-corrected chi connectivity index (χ2v) is 7.11. The van der Waals surface area contributed by atoms with Gasteiger partial charge in [0.25, 0.3) is 0 Å². The van der Waals surface area contributed by atoms with Crippen molar-refractivity contribution in [3.63, 3.8) is 0 Å². The molecule has 2 heterocycles. The topological polar surface area (TPSA) is 114 Å². The van der Waals surface area contributed by atoms with Crippen molar-refractivity contribution < 1.29 is 9.50 Å². The monoisotopic (exact) mass is 374 g/mol. The quantitative estimate of drug-likeness (QED) is 0.549. The molecule has 1 fully saturated rings. The molecule has 1 aromatic heterocycles. The van der Waals surface area contributed by atoms with Crippen LogP contribution in [0, 0.1) is 5.82 Å². The highest BCUT2D eigenvalue weighted by molar-refractivity contribution is 5.86. The molecule has 0 saturated carbocycles. The van der Waals surface area contributed by atoms with E-state index in [1.54, 1.807) is 12.1 Å². The van der Waals surface area contributed by atoms with Crippen LogP contribution in [-0.4, -0.2) is 34.0 Å². The van der Waals surface area contributed by atoms with Crippen molar-refractivity contribution >= 4 is 23.3 Å². The lowest BCUT2D eigenvalue weighted by atomic mass is 10.1. The molecule has 8 heteroatoms. The Morgan fingerprint density at radius 3 is 2.78 bits per heavy atom. The summed E-state index contributed by atoms with van der Waals surface area (Å²) in [6.45, 7) is 5.83. The van der Waals surface area contributed by atoms with Crippen LogP contribution in [0.15, 0.2) is 18.2 Å². The SMILES string of the molecule is CC(C)Nc1nn(C2CCNCC2)c(/C=C(\N)c2cccc(F)c2O)c1N. The molecule has 7 nitrogen and oxygen atoms in total. The van der Waals surface area contributed by atoms with Crippen LogP contribution in [0.3, 0.4) is 0 Å². The number of anilines is 2. The molecule has 27 heavy (non-hydrogen) atoms. The fraction of sp³-hybridized carbons (Fsp3) is 0.421. The first kappa shape index (κ1) is 19.0. The molecule has 0 aliphatic carbocycles. The second-order valence-electron chi connectivity index (χ2n) is 7.11. The molecule has 0 amide bonds. The third-order valence-electron chi connectivity index (χ3n) is 4.66. The van der Waals surface area contributed by atoms with Crippen LogP contribution in [0.1, 0.15) is 44.0 Å².